The van der Waals surface area contributed by atoms with Crippen LogP contribution in [-0.2, 0) is 6.61 Å². The van der Waals surface area contributed by atoms with E-state index in [-0.39, 0.29) is 6.61 Å². The molecule has 1 saturated carbocycles. The summed E-state index contributed by atoms with van der Waals surface area (Å²) in [7, 11) is 0. The van der Waals surface area contributed by atoms with Crippen LogP contribution in [0, 0.1) is 18.3 Å². The zero-order chi connectivity index (χ0) is 20.0. The van der Waals surface area contributed by atoms with Gasteiger partial charge in [0.05, 0.1) is 18.0 Å². The van der Waals surface area contributed by atoms with Gasteiger partial charge in [-0.05, 0) is 49.7 Å². The van der Waals surface area contributed by atoms with Crippen molar-refractivity contribution in [1.82, 2.24) is 19.9 Å². The van der Waals surface area contributed by atoms with Crippen molar-refractivity contribution in [3.05, 3.63) is 35.9 Å². The third-order valence-corrected chi connectivity index (χ3v) is 7.40. The third-order valence-electron chi connectivity index (χ3n) is 7.40. The van der Waals surface area contributed by atoms with Crippen molar-refractivity contribution in [2.75, 3.05) is 18.0 Å². The van der Waals surface area contributed by atoms with E-state index in [0.29, 0.717) is 11.1 Å². The Bertz CT molecular complexity index is 1030. The average molecular weight is 392 g/mol. The maximum atomic E-state index is 10.1. The van der Waals surface area contributed by atoms with Crippen LogP contribution in [0.25, 0.3) is 22.3 Å². The summed E-state index contributed by atoms with van der Waals surface area (Å²) < 4.78 is 0. The highest BCUT2D eigenvalue weighted by molar-refractivity contribution is 5.92. The maximum absolute atomic E-state index is 10.1. The zero-order valence-electron chi connectivity index (χ0n) is 17.3. The predicted molar refractivity (Wildman–Crippen MR) is 115 cm³/mol. The fourth-order valence-electron chi connectivity index (χ4n) is 5.54. The Morgan fingerprint density at radius 3 is 2.76 bits per heavy atom. The number of pyridine rings is 1. The molecule has 2 aliphatic rings. The number of anilines is 1. The van der Waals surface area contributed by atoms with E-state index in [1.165, 1.54) is 32.1 Å². The fraction of sp³-hybridized carbons (Fsp3) is 0.522. The molecule has 6 nitrogen and oxygen atoms in total. The Labute approximate surface area is 171 Å². The molecule has 0 radical (unpaired) electrons. The quantitative estimate of drug-likeness (QED) is 0.699. The molecule has 0 unspecified atom stereocenters. The first kappa shape index (κ1) is 18.6. The molecule has 1 saturated heterocycles. The molecule has 0 aromatic carbocycles. The molecule has 152 valence electrons. The molecule has 6 heteroatoms. The number of rotatable bonds is 3. The summed E-state index contributed by atoms with van der Waals surface area (Å²) in [4.78, 5) is 19.7. The molecule has 1 aliphatic heterocycles. The number of aliphatic hydroxyl groups is 1. The summed E-state index contributed by atoms with van der Waals surface area (Å²) in [6.07, 6.45) is 10.2. The van der Waals surface area contributed by atoms with Gasteiger partial charge in [0.15, 0.2) is 5.82 Å². The van der Waals surface area contributed by atoms with Crippen LogP contribution in [0.15, 0.2) is 24.5 Å². The second kappa shape index (κ2) is 7.10. The molecule has 0 bridgehead atoms. The molecule has 1 aliphatic carbocycles. The van der Waals surface area contributed by atoms with Gasteiger partial charge in [0.1, 0.15) is 11.3 Å². The number of aromatic nitrogens is 4. The highest BCUT2D eigenvalue weighted by Crippen LogP contribution is 2.50. The largest absolute Gasteiger partial charge is 0.390 e. The molecule has 1 atom stereocenters. The zero-order valence-corrected chi connectivity index (χ0v) is 17.3. The van der Waals surface area contributed by atoms with Gasteiger partial charge in [0, 0.05) is 36.4 Å². The smallest absolute Gasteiger partial charge is 0.153 e. The number of aromatic amines is 1. The van der Waals surface area contributed by atoms with Gasteiger partial charge in [-0.15, -0.1) is 0 Å². The molecule has 2 fully saturated rings. The lowest BCUT2D eigenvalue weighted by Gasteiger charge is -2.43. The Hall–Kier alpha value is -2.47. The van der Waals surface area contributed by atoms with Crippen LogP contribution in [0.1, 0.15) is 50.4 Å². The predicted octanol–water partition coefficient (Wildman–Crippen LogP) is 4.23. The fourth-order valence-corrected chi connectivity index (χ4v) is 5.54. The molecule has 2 N–H and O–H groups in total. The molecule has 5 rings (SSSR count). The highest BCUT2D eigenvalue weighted by atomic mass is 16.3. The summed E-state index contributed by atoms with van der Waals surface area (Å²) in [5.74, 6) is 1.68. The molecule has 4 heterocycles. The van der Waals surface area contributed by atoms with E-state index in [1.807, 2.05) is 25.3 Å². The summed E-state index contributed by atoms with van der Waals surface area (Å²) in [5.41, 5.74) is 4.74. The van der Waals surface area contributed by atoms with Crippen LogP contribution in [0.2, 0.25) is 0 Å². The Morgan fingerprint density at radius 2 is 2.03 bits per heavy atom. The minimum absolute atomic E-state index is 0.102. The number of hydrogen-bond donors (Lipinski definition) is 2. The number of piperidine rings is 1. The van der Waals surface area contributed by atoms with Gasteiger partial charge in [-0.3, -0.25) is 0 Å². The van der Waals surface area contributed by atoms with Crippen LogP contribution >= 0.6 is 0 Å². The van der Waals surface area contributed by atoms with Crippen molar-refractivity contribution in [2.24, 2.45) is 11.3 Å². The maximum Gasteiger partial charge on any atom is 0.153 e. The van der Waals surface area contributed by atoms with E-state index in [0.717, 1.165) is 52.8 Å². The average Bonchev–Trinajstić information content (AvgIpc) is 3.36. The van der Waals surface area contributed by atoms with Gasteiger partial charge in [-0.2, -0.15) is 0 Å². The molecule has 29 heavy (non-hydrogen) atoms. The summed E-state index contributed by atoms with van der Waals surface area (Å²) in [6, 6.07) is 3.98. The number of nitrogens with one attached hydrogen (secondary N) is 1. The summed E-state index contributed by atoms with van der Waals surface area (Å²) >= 11 is 0. The number of aryl methyl sites for hydroxylation is 1. The summed E-state index contributed by atoms with van der Waals surface area (Å²) in [5, 5.41) is 11.1. The van der Waals surface area contributed by atoms with Gasteiger partial charge in [0.2, 0.25) is 0 Å². The number of aliphatic hydroxyl groups excluding tert-OH is 1. The van der Waals surface area contributed by atoms with E-state index < -0.39 is 0 Å². The van der Waals surface area contributed by atoms with E-state index in [2.05, 4.69) is 21.8 Å². The minimum Gasteiger partial charge on any atom is -0.390 e. The van der Waals surface area contributed by atoms with Crippen molar-refractivity contribution in [3.8, 4) is 11.3 Å². The molecule has 0 amide bonds. The number of nitrogens with zero attached hydrogens (tertiary/aromatic N) is 4. The van der Waals surface area contributed by atoms with Gasteiger partial charge in [-0.25, -0.2) is 15.0 Å². The second-order valence-electron chi connectivity index (χ2n) is 8.83. The van der Waals surface area contributed by atoms with Gasteiger partial charge in [0.25, 0.3) is 0 Å². The molecule has 1 spiro atoms. The normalized spacial score (nSPS) is 21.3. The Morgan fingerprint density at radius 1 is 1.21 bits per heavy atom. The molecule has 3 aromatic rings. The van der Waals surface area contributed by atoms with Crippen LogP contribution in [0.4, 0.5) is 5.82 Å². The van der Waals surface area contributed by atoms with Crippen molar-refractivity contribution < 1.29 is 5.11 Å². The third kappa shape index (κ3) is 3.01. The van der Waals surface area contributed by atoms with Gasteiger partial charge in [-0.1, -0.05) is 19.8 Å². The first-order valence-electron chi connectivity index (χ1n) is 10.8. The lowest BCUT2D eigenvalue weighted by molar-refractivity contribution is 0.161. The van der Waals surface area contributed by atoms with E-state index in [9.17, 15) is 5.11 Å². The standard InChI is InChI=1S/C23H29N5O/c1-15-4-3-7-23(15)8-12-28(13-9-23)22-19(14-29)27-20(16(2)26-22)17-5-10-24-21-18(17)6-11-25-21/h5-6,10-11,15,29H,3-4,7-9,12-14H2,1-2H3,(H,24,25)/t15-/m1/s1. The molecule has 3 aromatic heterocycles. The van der Waals surface area contributed by atoms with Crippen molar-refractivity contribution in [3.63, 3.8) is 0 Å². The van der Waals surface area contributed by atoms with Crippen molar-refractivity contribution >= 4 is 16.9 Å². The molecular weight excluding hydrogens is 362 g/mol. The lowest BCUT2D eigenvalue weighted by Crippen LogP contribution is -2.42. The number of hydrogen-bond acceptors (Lipinski definition) is 5. The summed E-state index contributed by atoms with van der Waals surface area (Å²) in [6.45, 7) is 6.34. The highest BCUT2D eigenvalue weighted by Gasteiger charge is 2.42. The lowest BCUT2D eigenvalue weighted by atomic mass is 9.71. The van der Waals surface area contributed by atoms with E-state index in [1.54, 1.807) is 6.20 Å². The van der Waals surface area contributed by atoms with Crippen molar-refractivity contribution in [1.29, 1.82) is 0 Å². The topological polar surface area (TPSA) is 77.9 Å². The monoisotopic (exact) mass is 391 g/mol. The Balaban J connectivity index is 1.48. The molecular formula is C23H29N5O. The van der Waals surface area contributed by atoms with Crippen LogP contribution in [0.3, 0.4) is 0 Å². The first-order valence-corrected chi connectivity index (χ1v) is 10.8. The van der Waals surface area contributed by atoms with Gasteiger partial charge < -0.3 is 15.0 Å². The van der Waals surface area contributed by atoms with Gasteiger partial charge >= 0.3 is 0 Å². The van der Waals surface area contributed by atoms with E-state index >= 15 is 0 Å². The van der Waals surface area contributed by atoms with Crippen LogP contribution in [0.5, 0.6) is 0 Å². The van der Waals surface area contributed by atoms with Crippen LogP contribution in [-0.4, -0.2) is 38.1 Å². The van der Waals surface area contributed by atoms with Crippen LogP contribution < -0.4 is 4.90 Å². The van der Waals surface area contributed by atoms with E-state index in [4.69, 9.17) is 9.97 Å². The number of H-pyrrole nitrogens is 1. The first-order chi connectivity index (χ1) is 14.1. The van der Waals surface area contributed by atoms with Crippen molar-refractivity contribution in [2.45, 2.75) is 52.6 Å². The number of fused-ring (bicyclic) bond motifs is 1. The minimum atomic E-state index is -0.102. The SMILES string of the molecule is Cc1nc(N2CCC3(CCC[C@H]3C)CC2)c(CO)nc1-c1ccnc2[nH]ccc12. The Kier molecular flexibility index (Phi) is 4.54. The second-order valence-corrected chi connectivity index (χ2v) is 8.83.